The maximum atomic E-state index is 11.9. The number of rotatable bonds is 5. The van der Waals surface area contributed by atoms with E-state index in [1.807, 2.05) is 0 Å². The van der Waals surface area contributed by atoms with Gasteiger partial charge in [-0.15, -0.1) is 5.10 Å². The van der Waals surface area contributed by atoms with Crippen molar-refractivity contribution >= 4 is 11.6 Å². The van der Waals surface area contributed by atoms with Gasteiger partial charge < -0.3 is 10.4 Å². The van der Waals surface area contributed by atoms with Crippen LogP contribution < -0.4 is 11.0 Å². The van der Waals surface area contributed by atoms with E-state index in [2.05, 4.69) is 10.4 Å². The predicted octanol–water partition coefficient (Wildman–Crippen LogP) is -0.441. The molecule has 0 radical (unpaired) electrons. The molecule has 0 amide bonds. The number of hydrogen-bond donors (Lipinski definition) is 2. The Balaban J connectivity index is 2.06. The number of aliphatic carboxylic acids is 1. The number of carboxylic acids is 1. The lowest BCUT2D eigenvalue weighted by Gasteiger charge is -2.07. The molecule has 0 fully saturated rings. The van der Waals surface area contributed by atoms with E-state index in [0.717, 1.165) is 0 Å². The first-order valence-electron chi connectivity index (χ1n) is 5.60. The monoisotopic (exact) mass is 250 g/mol. The second-order valence-electron chi connectivity index (χ2n) is 3.95. The zero-order valence-corrected chi connectivity index (χ0v) is 9.91. The van der Waals surface area contributed by atoms with Crippen LogP contribution in [0.5, 0.6) is 0 Å². The van der Waals surface area contributed by atoms with Crippen LogP contribution in [0.1, 0.15) is 6.92 Å². The van der Waals surface area contributed by atoms with Crippen molar-refractivity contribution in [3.63, 3.8) is 0 Å². The van der Waals surface area contributed by atoms with Gasteiger partial charge in [-0.3, -0.25) is 9.20 Å². The van der Waals surface area contributed by atoms with Crippen molar-refractivity contribution in [1.29, 1.82) is 0 Å². The molecule has 2 aromatic heterocycles. The molecule has 2 aromatic rings. The van der Waals surface area contributed by atoms with Gasteiger partial charge in [-0.2, -0.15) is 0 Å². The van der Waals surface area contributed by atoms with Crippen molar-refractivity contribution in [2.24, 2.45) is 0 Å². The fourth-order valence-corrected chi connectivity index (χ4v) is 1.59. The van der Waals surface area contributed by atoms with Gasteiger partial charge in [-0.05, 0) is 19.1 Å². The SMILES string of the molecule is C[C@@H](NCCn1nc2ccccn2c1=O)C(=O)O. The molecule has 0 unspecified atom stereocenters. The molecule has 0 spiro atoms. The molecular weight excluding hydrogens is 236 g/mol. The fraction of sp³-hybridized carbons (Fsp3) is 0.364. The summed E-state index contributed by atoms with van der Waals surface area (Å²) in [6, 6.07) is 4.66. The van der Waals surface area contributed by atoms with E-state index in [1.54, 1.807) is 31.3 Å². The van der Waals surface area contributed by atoms with Crippen LogP contribution in [0.3, 0.4) is 0 Å². The minimum absolute atomic E-state index is 0.227. The molecular formula is C11H14N4O3. The minimum atomic E-state index is -0.919. The molecule has 2 rings (SSSR count). The van der Waals surface area contributed by atoms with Crippen LogP contribution in [-0.4, -0.2) is 37.8 Å². The van der Waals surface area contributed by atoms with Gasteiger partial charge in [0.1, 0.15) is 6.04 Å². The number of nitrogens with one attached hydrogen (secondary N) is 1. The third-order valence-corrected chi connectivity index (χ3v) is 2.63. The smallest absolute Gasteiger partial charge is 0.350 e. The predicted molar refractivity (Wildman–Crippen MR) is 64.6 cm³/mol. The van der Waals surface area contributed by atoms with Gasteiger partial charge in [0.25, 0.3) is 0 Å². The van der Waals surface area contributed by atoms with Crippen molar-refractivity contribution in [2.75, 3.05) is 6.54 Å². The quantitative estimate of drug-likeness (QED) is 0.751. The lowest BCUT2D eigenvalue weighted by Crippen LogP contribution is -2.37. The molecule has 0 aliphatic carbocycles. The number of carbonyl (C=O) groups is 1. The molecule has 7 nitrogen and oxygen atoms in total. The topological polar surface area (TPSA) is 88.6 Å². The zero-order chi connectivity index (χ0) is 13.1. The highest BCUT2D eigenvalue weighted by Crippen LogP contribution is 1.94. The minimum Gasteiger partial charge on any atom is -0.480 e. The third kappa shape index (κ3) is 2.40. The van der Waals surface area contributed by atoms with Crippen molar-refractivity contribution < 1.29 is 9.90 Å². The van der Waals surface area contributed by atoms with Gasteiger partial charge in [0, 0.05) is 12.7 Å². The van der Waals surface area contributed by atoms with Crippen LogP contribution in [0, 0.1) is 0 Å². The van der Waals surface area contributed by atoms with Crippen LogP contribution in [0.4, 0.5) is 0 Å². The molecule has 96 valence electrons. The van der Waals surface area contributed by atoms with Crippen LogP contribution in [0.15, 0.2) is 29.2 Å². The van der Waals surface area contributed by atoms with Gasteiger partial charge in [0.15, 0.2) is 5.65 Å². The highest BCUT2D eigenvalue weighted by Gasteiger charge is 2.10. The molecule has 2 heterocycles. The van der Waals surface area contributed by atoms with Gasteiger partial charge in [0.2, 0.25) is 0 Å². The van der Waals surface area contributed by atoms with Gasteiger partial charge in [-0.25, -0.2) is 9.48 Å². The molecule has 0 saturated carbocycles. The van der Waals surface area contributed by atoms with Gasteiger partial charge >= 0.3 is 11.7 Å². The Morgan fingerprint density at radius 1 is 1.56 bits per heavy atom. The van der Waals surface area contributed by atoms with E-state index < -0.39 is 12.0 Å². The standard InChI is InChI=1S/C11H14N4O3/c1-8(10(16)17)12-5-7-15-11(18)14-6-3-2-4-9(14)13-15/h2-4,6,8,12H,5,7H2,1H3,(H,16,17)/t8-/m1/s1. The number of nitrogens with zero attached hydrogens (tertiary/aromatic N) is 3. The summed E-state index contributed by atoms with van der Waals surface area (Å²) in [6.45, 7) is 2.25. The number of aromatic nitrogens is 3. The summed E-state index contributed by atoms with van der Waals surface area (Å²) in [5, 5.41) is 15.6. The van der Waals surface area contributed by atoms with E-state index in [1.165, 1.54) is 9.08 Å². The van der Waals surface area contributed by atoms with Crippen molar-refractivity contribution in [3.8, 4) is 0 Å². The molecule has 0 aliphatic heterocycles. The van der Waals surface area contributed by atoms with Crippen LogP contribution in [-0.2, 0) is 11.3 Å². The largest absolute Gasteiger partial charge is 0.480 e. The highest BCUT2D eigenvalue weighted by molar-refractivity contribution is 5.72. The lowest BCUT2D eigenvalue weighted by molar-refractivity contribution is -0.139. The highest BCUT2D eigenvalue weighted by atomic mass is 16.4. The van der Waals surface area contributed by atoms with Crippen LogP contribution >= 0.6 is 0 Å². The summed E-state index contributed by atoms with van der Waals surface area (Å²) < 4.78 is 2.76. The molecule has 0 bridgehead atoms. The first-order valence-corrected chi connectivity index (χ1v) is 5.60. The number of fused-ring (bicyclic) bond motifs is 1. The average molecular weight is 250 g/mol. The Morgan fingerprint density at radius 2 is 2.33 bits per heavy atom. The van der Waals surface area contributed by atoms with Crippen LogP contribution in [0.2, 0.25) is 0 Å². The summed E-state index contributed by atoms with van der Waals surface area (Å²) in [5.74, 6) is -0.919. The molecule has 2 N–H and O–H groups in total. The summed E-state index contributed by atoms with van der Waals surface area (Å²) >= 11 is 0. The molecule has 1 atom stereocenters. The van der Waals surface area contributed by atoms with E-state index in [9.17, 15) is 9.59 Å². The molecule has 18 heavy (non-hydrogen) atoms. The summed E-state index contributed by atoms with van der Waals surface area (Å²) in [7, 11) is 0. The Hall–Kier alpha value is -2.15. The summed E-state index contributed by atoms with van der Waals surface area (Å²) in [5.41, 5.74) is 0.351. The number of pyridine rings is 1. The second kappa shape index (κ2) is 5.01. The number of hydrogen-bond acceptors (Lipinski definition) is 4. The summed E-state index contributed by atoms with van der Waals surface area (Å²) in [4.78, 5) is 22.5. The third-order valence-electron chi connectivity index (χ3n) is 2.63. The second-order valence-corrected chi connectivity index (χ2v) is 3.95. The Morgan fingerprint density at radius 3 is 3.00 bits per heavy atom. The number of carboxylic acid groups (broad SMARTS) is 1. The molecule has 0 aliphatic rings. The normalized spacial score (nSPS) is 12.7. The van der Waals surface area contributed by atoms with Gasteiger partial charge in [0.05, 0.1) is 6.54 Å². The maximum absolute atomic E-state index is 11.9. The first kappa shape index (κ1) is 12.3. The van der Waals surface area contributed by atoms with E-state index in [0.29, 0.717) is 18.7 Å². The lowest BCUT2D eigenvalue weighted by atomic mass is 10.3. The van der Waals surface area contributed by atoms with Gasteiger partial charge in [-0.1, -0.05) is 6.07 Å². The van der Waals surface area contributed by atoms with E-state index in [4.69, 9.17) is 5.11 Å². The van der Waals surface area contributed by atoms with Crippen LogP contribution in [0.25, 0.3) is 5.65 Å². The fourth-order valence-electron chi connectivity index (χ4n) is 1.59. The average Bonchev–Trinajstić information content (AvgIpc) is 2.67. The molecule has 7 heteroatoms. The van der Waals surface area contributed by atoms with Crippen molar-refractivity contribution in [1.82, 2.24) is 19.5 Å². The zero-order valence-electron chi connectivity index (χ0n) is 9.91. The van der Waals surface area contributed by atoms with Crippen molar-refractivity contribution in [2.45, 2.75) is 19.5 Å². The maximum Gasteiger partial charge on any atom is 0.350 e. The first-order chi connectivity index (χ1) is 8.59. The summed E-state index contributed by atoms with van der Waals surface area (Å²) in [6.07, 6.45) is 1.65. The molecule has 0 aromatic carbocycles. The Kier molecular flexibility index (Phi) is 3.42. The van der Waals surface area contributed by atoms with E-state index >= 15 is 0 Å². The molecule has 0 saturated heterocycles. The Labute approximate surface area is 103 Å². The van der Waals surface area contributed by atoms with Crippen molar-refractivity contribution in [3.05, 3.63) is 34.9 Å². The van der Waals surface area contributed by atoms with E-state index in [-0.39, 0.29) is 5.69 Å². The Bertz CT molecular complexity index is 616.